The van der Waals surface area contributed by atoms with E-state index in [0.717, 1.165) is 0 Å². The molecule has 1 aliphatic heterocycles. The number of hydrogen-bond acceptors (Lipinski definition) is 6. The van der Waals surface area contributed by atoms with Crippen LogP contribution in [0.4, 0.5) is 5.69 Å². The minimum Gasteiger partial charge on any atom is -0.479 e. The maximum Gasteiger partial charge on any atom is 0.334 e. The summed E-state index contributed by atoms with van der Waals surface area (Å²) in [4.78, 5) is 40.2. The van der Waals surface area contributed by atoms with Crippen LogP contribution < -0.4 is 0 Å². The first-order chi connectivity index (χ1) is 11.9. The first-order valence-electron chi connectivity index (χ1n) is 7.58. The van der Waals surface area contributed by atoms with E-state index in [0.29, 0.717) is 0 Å². The van der Waals surface area contributed by atoms with Crippen molar-refractivity contribution in [3.63, 3.8) is 0 Å². The Morgan fingerprint density at radius 2 is 2.12 bits per heavy atom. The molecule has 1 aromatic carbocycles. The molecular formula is C16H15N3O6. The van der Waals surface area contributed by atoms with Crippen molar-refractivity contribution in [2.45, 2.75) is 19.1 Å². The van der Waals surface area contributed by atoms with Crippen LogP contribution in [0.1, 0.15) is 17.3 Å². The van der Waals surface area contributed by atoms with Crippen molar-refractivity contribution in [2.75, 3.05) is 13.1 Å². The standard InChI is InChI=1S/C16H15N3O6/c1-9-7-18(8-13(25-9)16(21)22)15(20)11-4-5-12(19(23)24)10-3-2-6-17-14(10)11/h2-6,9,13H,7-8H2,1H3,(H,21,22)/t9-,13?/m1/s1. The number of nitro groups is 1. The molecule has 0 radical (unpaired) electrons. The maximum absolute atomic E-state index is 12.9. The molecule has 0 saturated carbocycles. The normalized spacial score (nSPS) is 20.4. The van der Waals surface area contributed by atoms with Gasteiger partial charge in [0.05, 0.1) is 34.0 Å². The summed E-state index contributed by atoms with van der Waals surface area (Å²) in [5.74, 6) is -1.57. The number of carboxylic acids is 1. The van der Waals surface area contributed by atoms with Crippen LogP contribution in [0.5, 0.6) is 0 Å². The zero-order valence-corrected chi connectivity index (χ0v) is 13.3. The van der Waals surface area contributed by atoms with E-state index in [-0.39, 0.29) is 35.2 Å². The van der Waals surface area contributed by atoms with Gasteiger partial charge < -0.3 is 14.7 Å². The van der Waals surface area contributed by atoms with Crippen LogP contribution in [-0.2, 0) is 9.53 Å². The van der Waals surface area contributed by atoms with Gasteiger partial charge in [0.15, 0.2) is 6.10 Å². The summed E-state index contributed by atoms with van der Waals surface area (Å²) in [6, 6.07) is 5.70. The van der Waals surface area contributed by atoms with E-state index < -0.39 is 29.0 Å². The summed E-state index contributed by atoms with van der Waals surface area (Å²) in [6.45, 7) is 1.82. The highest BCUT2D eigenvalue weighted by Crippen LogP contribution is 2.28. The van der Waals surface area contributed by atoms with Gasteiger partial charge in [-0.1, -0.05) is 0 Å². The van der Waals surface area contributed by atoms with Gasteiger partial charge in [0, 0.05) is 18.8 Å². The lowest BCUT2D eigenvalue weighted by atomic mass is 10.1. The van der Waals surface area contributed by atoms with Crippen LogP contribution in [0.2, 0.25) is 0 Å². The summed E-state index contributed by atoms with van der Waals surface area (Å²) in [6.07, 6.45) is -0.0915. The Morgan fingerprint density at radius 1 is 1.36 bits per heavy atom. The fourth-order valence-electron chi connectivity index (χ4n) is 2.91. The number of benzene rings is 1. The van der Waals surface area contributed by atoms with E-state index >= 15 is 0 Å². The Balaban J connectivity index is 2.01. The highest BCUT2D eigenvalue weighted by Gasteiger charge is 2.34. The average molecular weight is 345 g/mol. The molecule has 1 unspecified atom stereocenters. The number of pyridine rings is 1. The highest BCUT2D eigenvalue weighted by molar-refractivity contribution is 6.07. The number of non-ortho nitro benzene ring substituents is 1. The first kappa shape index (κ1) is 16.8. The second-order valence-corrected chi connectivity index (χ2v) is 5.77. The lowest BCUT2D eigenvalue weighted by Gasteiger charge is -2.35. The monoisotopic (exact) mass is 345 g/mol. The molecule has 2 atom stereocenters. The fraction of sp³-hybridized carbons (Fsp3) is 0.312. The predicted octanol–water partition coefficient (Wildman–Crippen LogP) is 1.46. The third-order valence-electron chi connectivity index (χ3n) is 4.00. The quantitative estimate of drug-likeness (QED) is 0.660. The summed E-state index contributed by atoms with van der Waals surface area (Å²) < 4.78 is 5.30. The largest absolute Gasteiger partial charge is 0.479 e. The predicted molar refractivity (Wildman–Crippen MR) is 86.3 cm³/mol. The number of rotatable bonds is 3. The minimum absolute atomic E-state index is 0.0934. The number of amides is 1. The number of ether oxygens (including phenoxy) is 1. The molecule has 0 aliphatic carbocycles. The highest BCUT2D eigenvalue weighted by atomic mass is 16.6. The molecule has 9 heteroatoms. The molecule has 1 saturated heterocycles. The van der Waals surface area contributed by atoms with Gasteiger partial charge >= 0.3 is 5.97 Å². The first-order valence-corrected chi connectivity index (χ1v) is 7.58. The van der Waals surface area contributed by atoms with Crippen molar-refractivity contribution in [1.82, 2.24) is 9.88 Å². The molecule has 25 heavy (non-hydrogen) atoms. The van der Waals surface area contributed by atoms with Crippen LogP contribution in [0.25, 0.3) is 10.9 Å². The SMILES string of the molecule is C[C@@H]1CN(C(=O)c2ccc([N+](=O)[O-])c3cccnc23)CC(C(=O)O)O1. The number of hydrogen-bond donors (Lipinski definition) is 1. The molecule has 1 N–H and O–H groups in total. The number of morpholine rings is 1. The average Bonchev–Trinajstić information content (AvgIpc) is 2.59. The third-order valence-corrected chi connectivity index (χ3v) is 4.00. The number of aliphatic carboxylic acids is 1. The lowest BCUT2D eigenvalue weighted by molar-refractivity contribution is -0.383. The van der Waals surface area contributed by atoms with Gasteiger partial charge in [0.25, 0.3) is 11.6 Å². The number of nitrogens with zero attached hydrogens (tertiary/aromatic N) is 3. The Hall–Kier alpha value is -3.07. The smallest absolute Gasteiger partial charge is 0.334 e. The second kappa shape index (κ2) is 6.44. The van der Waals surface area contributed by atoms with Crippen LogP contribution in [0.3, 0.4) is 0 Å². The molecule has 2 aromatic rings. The molecular weight excluding hydrogens is 330 g/mol. The number of carbonyl (C=O) groups is 2. The van der Waals surface area contributed by atoms with Gasteiger partial charge in [-0.15, -0.1) is 0 Å². The molecule has 1 amide bonds. The van der Waals surface area contributed by atoms with Crippen LogP contribution in [-0.4, -0.2) is 57.1 Å². The van der Waals surface area contributed by atoms with Gasteiger partial charge in [-0.3, -0.25) is 19.9 Å². The zero-order chi connectivity index (χ0) is 18.1. The van der Waals surface area contributed by atoms with Gasteiger partial charge in [-0.2, -0.15) is 0 Å². The van der Waals surface area contributed by atoms with Crippen LogP contribution in [0, 0.1) is 10.1 Å². The molecule has 130 valence electrons. The number of carbonyl (C=O) groups excluding carboxylic acids is 1. The van der Waals surface area contributed by atoms with E-state index in [1.54, 1.807) is 13.0 Å². The van der Waals surface area contributed by atoms with Gasteiger partial charge in [0.1, 0.15) is 0 Å². The maximum atomic E-state index is 12.9. The van der Waals surface area contributed by atoms with Crippen LogP contribution in [0.15, 0.2) is 30.5 Å². The molecule has 1 fully saturated rings. The Labute approximate surface area is 142 Å². The topological polar surface area (TPSA) is 123 Å². The Bertz CT molecular complexity index is 868. The molecule has 2 heterocycles. The molecule has 0 bridgehead atoms. The van der Waals surface area contributed by atoms with Gasteiger partial charge in [-0.25, -0.2) is 4.79 Å². The van der Waals surface area contributed by atoms with E-state index in [1.807, 2.05) is 0 Å². The Morgan fingerprint density at radius 3 is 2.80 bits per heavy atom. The molecule has 0 spiro atoms. The number of aromatic nitrogens is 1. The van der Waals surface area contributed by atoms with Crippen molar-refractivity contribution in [3.8, 4) is 0 Å². The van der Waals surface area contributed by atoms with Crippen molar-refractivity contribution in [2.24, 2.45) is 0 Å². The van der Waals surface area contributed by atoms with E-state index in [2.05, 4.69) is 4.98 Å². The number of nitro benzene ring substituents is 1. The van der Waals surface area contributed by atoms with E-state index in [1.165, 1.54) is 29.3 Å². The van der Waals surface area contributed by atoms with Gasteiger partial charge in [-0.05, 0) is 25.1 Å². The summed E-state index contributed by atoms with van der Waals surface area (Å²) >= 11 is 0. The van der Waals surface area contributed by atoms with Crippen molar-refractivity contribution in [1.29, 1.82) is 0 Å². The second-order valence-electron chi connectivity index (χ2n) is 5.77. The van der Waals surface area contributed by atoms with Crippen molar-refractivity contribution >= 4 is 28.5 Å². The lowest BCUT2D eigenvalue weighted by Crippen LogP contribution is -2.51. The summed E-state index contributed by atoms with van der Waals surface area (Å²) in [5, 5.41) is 20.6. The molecule has 1 aliphatic rings. The Kier molecular flexibility index (Phi) is 4.32. The molecule has 1 aromatic heterocycles. The van der Waals surface area contributed by atoms with E-state index in [9.17, 15) is 19.7 Å². The van der Waals surface area contributed by atoms with E-state index in [4.69, 9.17) is 9.84 Å². The molecule has 3 rings (SSSR count). The number of carboxylic acid groups (broad SMARTS) is 1. The minimum atomic E-state index is -1.14. The van der Waals surface area contributed by atoms with Crippen LogP contribution >= 0.6 is 0 Å². The zero-order valence-electron chi connectivity index (χ0n) is 13.3. The third kappa shape index (κ3) is 3.13. The van der Waals surface area contributed by atoms with Gasteiger partial charge in [0.2, 0.25) is 0 Å². The fourth-order valence-corrected chi connectivity index (χ4v) is 2.91. The summed E-state index contributed by atoms with van der Waals surface area (Å²) in [7, 11) is 0. The molecule has 9 nitrogen and oxygen atoms in total. The van der Waals surface area contributed by atoms with Crippen molar-refractivity contribution < 1.29 is 24.4 Å². The van der Waals surface area contributed by atoms with Crippen molar-refractivity contribution in [3.05, 3.63) is 46.1 Å². The summed E-state index contributed by atoms with van der Waals surface area (Å²) in [5.41, 5.74) is 0.269. The number of fused-ring (bicyclic) bond motifs is 1.